The van der Waals surface area contributed by atoms with Gasteiger partial charge in [0.15, 0.2) is 0 Å². The predicted octanol–water partition coefficient (Wildman–Crippen LogP) is 4.44. The van der Waals surface area contributed by atoms with Gasteiger partial charge < -0.3 is 16.6 Å². The van der Waals surface area contributed by atoms with Crippen LogP contribution in [-0.2, 0) is 0 Å². The molecule has 0 saturated heterocycles. The smallest absolute Gasteiger partial charge is 0.125 e. The van der Waals surface area contributed by atoms with Crippen molar-refractivity contribution in [2.75, 3.05) is 11.5 Å². The van der Waals surface area contributed by atoms with Crippen LogP contribution in [0, 0.1) is 12.7 Å². The molecule has 1 aromatic carbocycles. The Hall–Kier alpha value is -3.04. The highest BCUT2D eigenvalue weighted by atomic mass is 32.2. The van der Waals surface area contributed by atoms with Crippen LogP contribution in [0.5, 0.6) is 0 Å². The zero-order chi connectivity index (χ0) is 22.4. The second kappa shape index (κ2) is 8.14. The number of aliphatic hydroxyl groups is 1. The molecule has 1 fully saturated rings. The minimum Gasteiger partial charge on any atom is -0.398 e. The lowest BCUT2D eigenvalue weighted by Crippen LogP contribution is -2.23. The van der Waals surface area contributed by atoms with E-state index in [1.807, 2.05) is 23.1 Å². The molecular formula is C23H25FN6OS. The lowest BCUT2D eigenvalue weighted by molar-refractivity contribution is 0.0995. The maximum absolute atomic E-state index is 13.5. The van der Waals surface area contributed by atoms with Crippen LogP contribution in [0.1, 0.15) is 37.4 Å². The zero-order valence-corrected chi connectivity index (χ0v) is 18.5. The predicted molar refractivity (Wildman–Crippen MR) is 124 cm³/mol. The first-order valence-corrected chi connectivity index (χ1v) is 11.4. The summed E-state index contributed by atoms with van der Waals surface area (Å²) in [7, 11) is 0. The van der Waals surface area contributed by atoms with Crippen LogP contribution < -0.4 is 11.5 Å². The minimum absolute atomic E-state index is 0.199. The molecule has 7 nitrogen and oxygen atoms in total. The Morgan fingerprint density at radius 1 is 1.09 bits per heavy atom. The molecule has 5 rings (SSSR count). The number of benzene rings is 1. The lowest BCUT2D eigenvalue weighted by Gasteiger charge is -2.27. The van der Waals surface area contributed by atoms with E-state index in [-0.39, 0.29) is 18.0 Å². The summed E-state index contributed by atoms with van der Waals surface area (Å²) in [6.07, 6.45) is 8.75. The van der Waals surface area contributed by atoms with Crippen molar-refractivity contribution in [1.29, 1.82) is 0 Å². The van der Waals surface area contributed by atoms with Crippen LogP contribution in [0.3, 0.4) is 0 Å². The van der Waals surface area contributed by atoms with Crippen LogP contribution in [-0.4, -0.2) is 30.6 Å². The second-order valence-corrected chi connectivity index (χ2v) is 9.42. The van der Waals surface area contributed by atoms with E-state index >= 15 is 0 Å². The highest BCUT2D eigenvalue weighted by Crippen LogP contribution is 2.40. The van der Waals surface area contributed by atoms with Gasteiger partial charge in [0.1, 0.15) is 11.3 Å². The Morgan fingerprint density at radius 3 is 2.72 bits per heavy atom. The standard InChI is InChI=1S/C23H25FN6OS/c1-13-18(10-28-30(13)16-3-2-4-17(31)9-16)14-7-22(23-20(26)11-27-29(23)12-14)32-21-6-5-15(24)8-19(21)25/h5-8,10-12,16-17,31H,2-4,9,25-26H2,1H3/t16-,17+/m1/s1. The Labute approximate surface area is 189 Å². The van der Waals surface area contributed by atoms with Crippen LogP contribution in [0.2, 0.25) is 0 Å². The van der Waals surface area contributed by atoms with E-state index in [2.05, 4.69) is 17.1 Å². The molecule has 0 unspecified atom stereocenters. The quantitative estimate of drug-likeness (QED) is 0.395. The molecule has 0 spiro atoms. The van der Waals surface area contributed by atoms with Gasteiger partial charge >= 0.3 is 0 Å². The van der Waals surface area contributed by atoms with Crippen molar-refractivity contribution in [3.05, 3.63) is 54.4 Å². The number of pyridine rings is 1. The van der Waals surface area contributed by atoms with E-state index in [0.717, 1.165) is 57.8 Å². The summed E-state index contributed by atoms with van der Waals surface area (Å²) in [6.45, 7) is 2.05. The normalized spacial score (nSPS) is 19.0. The number of hydrogen-bond donors (Lipinski definition) is 3. The zero-order valence-electron chi connectivity index (χ0n) is 17.7. The maximum Gasteiger partial charge on any atom is 0.125 e. The Morgan fingerprint density at radius 2 is 1.94 bits per heavy atom. The monoisotopic (exact) mass is 452 g/mol. The fourth-order valence-electron chi connectivity index (χ4n) is 4.50. The molecule has 3 heterocycles. The van der Waals surface area contributed by atoms with Crippen molar-refractivity contribution >= 4 is 28.7 Å². The number of aromatic nitrogens is 4. The van der Waals surface area contributed by atoms with Crippen molar-refractivity contribution in [3.63, 3.8) is 0 Å². The number of nitrogens with two attached hydrogens (primary N) is 2. The van der Waals surface area contributed by atoms with Gasteiger partial charge in [0.2, 0.25) is 0 Å². The van der Waals surface area contributed by atoms with E-state index in [1.54, 1.807) is 16.8 Å². The second-order valence-electron chi connectivity index (χ2n) is 8.33. The Bertz CT molecular complexity index is 1300. The average molecular weight is 453 g/mol. The molecule has 0 bridgehead atoms. The Kier molecular flexibility index (Phi) is 5.30. The summed E-state index contributed by atoms with van der Waals surface area (Å²) < 4.78 is 17.3. The number of fused-ring (bicyclic) bond motifs is 1. The third kappa shape index (κ3) is 3.71. The third-order valence-electron chi connectivity index (χ3n) is 6.12. The largest absolute Gasteiger partial charge is 0.398 e. The van der Waals surface area contributed by atoms with Gasteiger partial charge in [-0.2, -0.15) is 10.2 Å². The van der Waals surface area contributed by atoms with E-state index in [4.69, 9.17) is 11.5 Å². The molecule has 0 amide bonds. The van der Waals surface area contributed by atoms with Crippen LogP contribution >= 0.6 is 11.8 Å². The van der Waals surface area contributed by atoms with Crippen LogP contribution in [0.15, 0.2) is 52.6 Å². The Balaban J connectivity index is 1.57. The van der Waals surface area contributed by atoms with Crippen LogP contribution in [0.25, 0.3) is 16.6 Å². The minimum atomic E-state index is -0.370. The summed E-state index contributed by atoms with van der Waals surface area (Å²) in [6, 6.07) is 6.62. The van der Waals surface area contributed by atoms with Gasteiger partial charge in [0.25, 0.3) is 0 Å². The molecule has 3 aromatic heterocycles. The van der Waals surface area contributed by atoms with E-state index in [9.17, 15) is 9.50 Å². The van der Waals surface area contributed by atoms with Gasteiger partial charge in [-0.3, -0.25) is 4.68 Å². The molecule has 1 aliphatic carbocycles. The molecule has 166 valence electrons. The average Bonchev–Trinajstić information content (AvgIpc) is 3.33. The number of anilines is 2. The first kappa shape index (κ1) is 20.8. The molecule has 5 N–H and O–H groups in total. The summed E-state index contributed by atoms with van der Waals surface area (Å²) >= 11 is 1.43. The van der Waals surface area contributed by atoms with Gasteiger partial charge in [-0.25, -0.2) is 8.91 Å². The van der Waals surface area contributed by atoms with Crippen molar-refractivity contribution < 1.29 is 9.50 Å². The van der Waals surface area contributed by atoms with E-state index in [0.29, 0.717) is 11.4 Å². The highest BCUT2D eigenvalue weighted by Gasteiger charge is 2.24. The molecule has 0 radical (unpaired) electrons. The molecule has 2 atom stereocenters. The van der Waals surface area contributed by atoms with Crippen LogP contribution in [0.4, 0.5) is 15.8 Å². The fraction of sp³-hybridized carbons (Fsp3) is 0.304. The van der Waals surface area contributed by atoms with Gasteiger partial charge in [-0.05, 0) is 56.9 Å². The van der Waals surface area contributed by atoms with Crippen molar-refractivity contribution in [2.45, 2.75) is 54.5 Å². The lowest BCUT2D eigenvalue weighted by atomic mass is 9.93. The number of halogens is 1. The molecule has 1 aliphatic rings. The SMILES string of the molecule is Cc1c(-c2cc(Sc3ccc(F)cc3N)c3c(N)cnn3c2)cnn1[C@@H]1CCC[C@H](O)C1. The molecule has 32 heavy (non-hydrogen) atoms. The van der Waals surface area contributed by atoms with Gasteiger partial charge in [0, 0.05) is 38.5 Å². The maximum atomic E-state index is 13.5. The summed E-state index contributed by atoms with van der Waals surface area (Å²) in [4.78, 5) is 1.62. The number of hydrogen-bond acceptors (Lipinski definition) is 6. The number of rotatable bonds is 4. The fourth-order valence-corrected chi connectivity index (χ4v) is 5.54. The number of nitrogens with zero attached hydrogens (tertiary/aromatic N) is 4. The first-order chi connectivity index (χ1) is 15.4. The number of aliphatic hydroxyl groups excluding tert-OH is 1. The molecule has 9 heteroatoms. The van der Waals surface area contributed by atoms with Gasteiger partial charge in [-0.15, -0.1) is 0 Å². The van der Waals surface area contributed by atoms with E-state index < -0.39 is 0 Å². The topological polar surface area (TPSA) is 107 Å². The molecule has 4 aromatic rings. The van der Waals surface area contributed by atoms with E-state index in [1.165, 1.54) is 23.9 Å². The van der Waals surface area contributed by atoms with Crippen molar-refractivity contribution in [2.24, 2.45) is 0 Å². The highest BCUT2D eigenvalue weighted by molar-refractivity contribution is 7.99. The molecular weight excluding hydrogens is 427 g/mol. The molecule has 1 saturated carbocycles. The van der Waals surface area contributed by atoms with Crippen molar-refractivity contribution in [3.8, 4) is 11.1 Å². The summed E-state index contributed by atoms with van der Waals surface area (Å²) in [5, 5.41) is 19.2. The van der Waals surface area contributed by atoms with Crippen molar-refractivity contribution in [1.82, 2.24) is 19.4 Å². The summed E-state index contributed by atoms with van der Waals surface area (Å²) in [5.41, 5.74) is 16.9. The third-order valence-corrected chi connectivity index (χ3v) is 7.24. The summed E-state index contributed by atoms with van der Waals surface area (Å²) in [5.74, 6) is -0.370. The van der Waals surface area contributed by atoms with Gasteiger partial charge in [0.05, 0.1) is 30.2 Å². The number of nitrogen functional groups attached to an aromatic ring is 2. The van der Waals surface area contributed by atoms with Gasteiger partial charge in [-0.1, -0.05) is 11.8 Å². The first-order valence-electron chi connectivity index (χ1n) is 10.6. The molecule has 0 aliphatic heterocycles.